The fourth-order valence-corrected chi connectivity index (χ4v) is 3.80. The average molecular weight is 334 g/mol. The molecular formula is C23H26O2. The SMILES string of the molecule is CCCCCCCCc1c(C(=O)O)c2ccccc2c2ccccc12. The lowest BCUT2D eigenvalue weighted by molar-refractivity contribution is 0.0698. The highest BCUT2D eigenvalue weighted by atomic mass is 16.4. The van der Waals surface area contributed by atoms with Gasteiger partial charge in [0.05, 0.1) is 5.56 Å². The van der Waals surface area contributed by atoms with Crippen molar-refractivity contribution in [3.05, 3.63) is 59.7 Å². The van der Waals surface area contributed by atoms with Gasteiger partial charge in [-0.15, -0.1) is 0 Å². The molecule has 0 saturated heterocycles. The van der Waals surface area contributed by atoms with Crippen molar-refractivity contribution in [1.82, 2.24) is 0 Å². The Morgan fingerprint density at radius 3 is 1.92 bits per heavy atom. The zero-order valence-electron chi connectivity index (χ0n) is 14.9. The van der Waals surface area contributed by atoms with Crippen LogP contribution in [-0.2, 0) is 6.42 Å². The van der Waals surface area contributed by atoms with E-state index in [1.807, 2.05) is 36.4 Å². The Balaban J connectivity index is 2.02. The molecule has 0 aliphatic carbocycles. The van der Waals surface area contributed by atoms with Crippen LogP contribution in [0.1, 0.15) is 61.4 Å². The summed E-state index contributed by atoms with van der Waals surface area (Å²) >= 11 is 0. The molecule has 0 radical (unpaired) electrons. The standard InChI is InChI=1S/C23H26O2/c1-2-3-4-5-6-7-15-20-18-13-9-8-12-17(18)19-14-10-11-16-21(19)22(20)23(24)25/h8-14,16H,2-7,15H2,1H3,(H,24,25). The minimum Gasteiger partial charge on any atom is -0.478 e. The molecule has 0 aliphatic rings. The van der Waals surface area contributed by atoms with Crippen LogP contribution < -0.4 is 0 Å². The van der Waals surface area contributed by atoms with Gasteiger partial charge in [-0.25, -0.2) is 4.79 Å². The van der Waals surface area contributed by atoms with Crippen molar-refractivity contribution in [2.45, 2.75) is 51.9 Å². The highest BCUT2D eigenvalue weighted by molar-refractivity contribution is 6.17. The maximum atomic E-state index is 12.1. The van der Waals surface area contributed by atoms with E-state index in [0.29, 0.717) is 5.56 Å². The van der Waals surface area contributed by atoms with E-state index in [1.54, 1.807) is 0 Å². The Bertz CT molecular complexity index is 880. The number of aryl methyl sites for hydroxylation is 1. The van der Waals surface area contributed by atoms with Crippen LogP contribution >= 0.6 is 0 Å². The van der Waals surface area contributed by atoms with Crippen LogP contribution in [0.25, 0.3) is 21.5 Å². The van der Waals surface area contributed by atoms with Gasteiger partial charge in [0.2, 0.25) is 0 Å². The molecule has 2 heteroatoms. The lowest BCUT2D eigenvalue weighted by Gasteiger charge is -2.15. The van der Waals surface area contributed by atoms with Gasteiger partial charge in [-0.2, -0.15) is 0 Å². The van der Waals surface area contributed by atoms with Gasteiger partial charge in [-0.1, -0.05) is 87.6 Å². The molecule has 0 saturated carbocycles. The highest BCUT2D eigenvalue weighted by Crippen LogP contribution is 2.34. The first-order valence-electron chi connectivity index (χ1n) is 9.39. The first kappa shape index (κ1) is 17.5. The molecule has 0 aliphatic heterocycles. The zero-order chi connectivity index (χ0) is 17.6. The van der Waals surface area contributed by atoms with Gasteiger partial charge in [-0.05, 0) is 39.9 Å². The summed E-state index contributed by atoms with van der Waals surface area (Å²) < 4.78 is 0. The van der Waals surface area contributed by atoms with E-state index < -0.39 is 5.97 Å². The Hall–Kier alpha value is -2.35. The Labute approximate surface area is 149 Å². The molecule has 3 aromatic carbocycles. The molecule has 0 atom stereocenters. The fraction of sp³-hybridized carbons (Fsp3) is 0.348. The van der Waals surface area contributed by atoms with E-state index in [0.717, 1.165) is 39.9 Å². The number of carboxylic acids is 1. The molecule has 1 N–H and O–H groups in total. The second kappa shape index (κ2) is 8.15. The number of rotatable bonds is 8. The van der Waals surface area contributed by atoms with E-state index >= 15 is 0 Å². The Morgan fingerprint density at radius 1 is 0.760 bits per heavy atom. The zero-order valence-corrected chi connectivity index (χ0v) is 14.9. The van der Waals surface area contributed by atoms with E-state index in [9.17, 15) is 9.90 Å². The quantitative estimate of drug-likeness (QED) is 0.372. The predicted molar refractivity (Wildman–Crippen MR) is 105 cm³/mol. The summed E-state index contributed by atoms with van der Waals surface area (Å²) in [6.45, 7) is 2.22. The molecule has 0 amide bonds. The molecule has 3 aromatic rings. The van der Waals surface area contributed by atoms with Crippen molar-refractivity contribution >= 4 is 27.5 Å². The van der Waals surface area contributed by atoms with Crippen LogP contribution in [0, 0.1) is 0 Å². The van der Waals surface area contributed by atoms with Crippen molar-refractivity contribution in [2.75, 3.05) is 0 Å². The van der Waals surface area contributed by atoms with Gasteiger partial charge in [0.15, 0.2) is 0 Å². The summed E-state index contributed by atoms with van der Waals surface area (Å²) in [4.78, 5) is 12.1. The number of hydrogen-bond donors (Lipinski definition) is 1. The summed E-state index contributed by atoms with van der Waals surface area (Å²) in [6.07, 6.45) is 8.10. The summed E-state index contributed by atoms with van der Waals surface area (Å²) in [5.41, 5.74) is 1.49. The smallest absolute Gasteiger partial charge is 0.336 e. The van der Waals surface area contributed by atoms with Crippen LogP contribution in [0.15, 0.2) is 48.5 Å². The summed E-state index contributed by atoms with van der Waals surface area (Å²) in [7, 11) is 0. The number of carbonyl (C=O) groups is 1. The molecule has 25 heavy (non-hydrogen) atoms. The van der Waals surface area contributed by atoms with Crippen molar-refractivity contribution in [2.24, 2.45) is 0 Å². The predicted octanol–water partition coefficient (Wildman–Crippen LogP) is 6.59. The molecule has 0 heterocycles. The second-order valence-corrected chi connectivity index (χ2v) is 6.77. The van der Waals surface area contributed by atoms with Gasteiger partial charge in [0.1, 0.15) is 0 Å². The number of unbranched alkanes of at least 4 members (excludes halogenated alkanes) is 5. The minimum absolute atomic E-state index is 0.489. The second-order valence-electron chi connectivity index (χ2n) is 6.77. The van der Waals surface area contributed by atoms with Crippen LogP contribution in [0.2, 0.25) is 0 Å². The molecule has 0 bridgehead atoms. The van der Waals surface area contributed by atoms with Gasteiger partial charge in [0.25, 0.3) is 0 Å². The first-order valence-corrected chi connectivity index (χ1v) is 9.39. The van der Waals surface area contributed by atoms with E-state index in [2.05, 4.69) is 19.1 Å². The number of aromatic carboxylic acids is 1. The number of carboxylic acid groups (broad SMARTS) is 1. The normalized spacial score (nSPS) is 11.2. The summed E-state index contributed by atoms with van der Waals surface area (Å²) in [5.74, 6) is -0.817. The third-order valence-corrected chi connectivity index (χ3v) is 5.03. The molecule has 3 rings (SSSR count). The maximum absolute atomic E-state index is 12.1. The van der Waals surface area contributed by atoms with Crippen LogP contribution in [0.3, 0.4) is 0 Å². The van der Waals surface area contributed by atoms with Crippen LogP contribution in [0.4, 0.5) is 0 Å². The highest BCUT2D eigenvalue weighted by Gasteiger charge is 2.18. The number of benzene rings is 3. The van der Waals surface area contributed by atoms with E-state index in [-0.39, 0.29) is 0 Å². The Morgan fingerprint density at radius 2 is 1.28 bits per heavy atom. The molecule has 130 valence electrons. The van der Waals surface area contributed by atoms with Crippen molar-refractivity contribution < 1.29 is 9.90 Å². The topological polar surface area (TPSA) is 37.3 Å². The fourth-order valence-electron chi connectivity index (χ4n) is 3.80. The van der Waals surface area contributed by atoms with Gasteiger partial charge >= 0.3 is 5.97 Å². The van der Waals surface area contributed by atoms with Crippen molar-refractivity contribution in [3.8, 4) is 0 Å². The largest absolute Gasteiger partial charge is 0.478 e. The molecule has 0 spiro atoms. The Kier molecular flexibility index (Phi) is 5.70. The number of hydrogen-bond acceptors (Lipinski definition) is 1. The summed E-state index contributed by atoms with van der Waals surface area (Å²) in [6, 6.07) is 16.1. The molecule has 0 unspecified atom stereocenters. The lowest BCUT2D eigenvalue weighted by atomic mass is 9.89. The van der Waals surface area contributed by atoms with Crippen molar-refractivity contribution in [3.63, 3.8) is 0 Å². The van der Waals surface area contributed by atoms with E-state index in [1.165, 1.54) is 32.1 Å². The van der Waals surface area contributed by atoms with Crippen LogP contribution in [0.5, 0.6) is 0 Å². The number of fused-ring (bicyclic) bond motifs is 3. The molecule has 2 nitrogen and oxygen atoms in total. The molecular weight excluding hydrogens is 308 g/mol. The van der Waals surface area contributed by atoms with Gasteiger partial charge in [-0.3, -0.25) is 0 Å². The molecule has 0 aromatic heterocycles. The third kappa shape index (κ3) is 3.68. The van der Waals surface area contributed by atoms with Crippen LogP contribution in [-0.4, -0.2) is 11.1 Å². The van der Waals surface area contributed by atoms with Gasteiger partial charge in [0, 0.05) is 0 Å². The van der Waals surface area contributed by atoms with Gasteiger partial charge < -0.3 is 5.11 Å². The maximum Gasteiger partial charge on any atom is 0.336 e. The lowest BCUT2D eigenvalue weighted by Crippen LogP contribution is -2.05. The first-order chi connectivity index (χ1) is 12.2. The monoisotopic (exact) mass is 334 g/mol. The molecule has 0 fully saturated rings. The average Bonchev–Trinajstić information content (AvgIpc) is 2.64. The third-order valence-electron chi connectivity index (χ3n) is 5.03. The minimum atomic E-state index is -0.817. The van der Waals surface area contributed by atoms with E-state index in [4.69, 9.17) is 0 Å². The summed E-state index contributed by atoms with van der Waals surface area (Å²) in [5, 5.41) is 14.0. The van der Waals surface area contributed by atoms with Crippen molar-refractivity contribution in [1.29, 1.82) is 0 Å².